The third kappa shape index (κ3) is 4.64. The smallest absolute Gasteiger partial charge is 0.0266 e. The molecule has 0 radical (unpaired) electrons. The number of rotatable bonds is 2. The van der Waals surface area contributed by atoms with Crippen LogP contribution in [0.3, 0.4) is 0 Å². The Labute approximate surface area is 199 Å². The van der Waals surface area contributed by atoms with Crippen molar-refractivity contribution < 1.29 is 0 Å². The highest BCUT2D eigenvalue weighted by Crippen LogP contribution is 2.42. The van der Waals surface area contributed by atoms with Crippen LogP contribution in [-0.4, -0.2) is 0 Å². The molecule has 0 unspecified atom stereocenters. The number of hydrogen-bond acceptors (Lipinski definition) is 0. The van der Waals surface area contributed by atoms with Crippen LogP contribution in [0, 0.1) is 23.7 Å². The molecular formula is C24H14Br4. The molecule has 0 aliphatic carbocycles. The van der Waals surface area contributed by atoms with Crippen LogP contribution in [0.2, 0.25) is 0 Å². The van der Waals surface area contributed by atoms with Gasteiger partial charge < -0.3 is 0 Å². The van der Waals surface area contributed by atoms with E-state index < -0.39 is 0 Å². The molecule has 28 heavy (non-hydrogen) atoms. The lowest BCUT2D eigenvalue weighted by Crippen LogP contribution is -1.89. The summed E-state index contributed by atoms with van der Waals surface area (Å²) < 4.78 is 4.06. The van der Waals surface area contributed by atoms with E-state index in [9.17, 15) is 0 Å². The van der Waals surface area contributed by atoms with Crippen molar-refractivity contribution in [1.82, 2.24) is 0 Å². The lowest BCUT2D eigenvalue weighted by molar-refractivity contribution is 1.49. The SMILES string of the molecule is CC#Cc1ccc(-c2cc(Br)c(-c3ccc(C#CC)cc3Br)cc2Br)c(Br)c1. The van der Waals surface area contributed by atoms with E-state index in [1.54, 1.807) is 0 Å². The summed E-state index contributed by atoms with van der Waals surface area (Å²) in [5, 5.41) is 0. The molecule has 0 spiro atoms. The molecule has 0 bridgehead atoms. The standard InChI is InChI=1S/C24H14Br4/c1-3-5-15-7-9-17(21(25)11-15)19-13-24(28)20(14-23(19)27)18-10-8-16(6-4-2)12-22(18)26/h7-14H,1-2H3. The third-order valence-corrected chi connectivity index (χ3v) is 6.74. The summed E-state index contributed by atoms with van der Waals surface area (Å²) in [5.74, 6) is 12.0. The first-order valence-electron chi connectivity index (χ1n) is 8.39. The van der Waals surface area contributed by atoms with Gasteiger partial charge in [0.15, 0.2) is 0 Å². The first-order chi connectivity index (χ1) is 13.4. The van der Waals surface area contributed by atoms with Gasteiger partial charge in [-0.05, 0) is 72.5 Å². The summed E-state index contributed by atoms with van der Waals surface area (Å²) >= 11 is 14.9. The number of benzene rings is 3. The van der Waals surface area contributed by atoms with E-state index in [0.29, 0.717) is 0 Å². The monoisotopic (exact) mass is 618 g/mol. The van der Waals surface area contributed by atoms with Gasteiger partial charge >= 0.3 is 0 Å². The van der Waals surface area contributed by atoms with Crippen molar-refractivity contribution >= 4 is 63.7 Å². The van der Waals surface area contributed by atoms with Crippen LogP contribution in [0.25, 0.3) is 22.3 Å². The van der Waals surface area contributed by atoms with Gasteiger partial charge in [0.1, 0.15) is 0 Å². The van der Waals surface area contributed by atoms with Crippen LogP contribution in [0.5, 0.6) is 0 Å². The van der Waals surface area contributed by atoms with E-state index in [1.165, 1.54) is 0 Å². The fraction of sp³-hybridized carbons (Fsp3) is 0.0833. The quantitative estimate of drug-likeness (QED) is 0.251. The minimum atomic E-state index is 0.990. The predicted octanol–water partition coefficient (Wildman–Crippen LogP) is 8.81. The second-order valence-electron chi connectivity index (χ2n) is 5.95. The molecule has 0 aliphatic rings. The largest absolute Gasteiger partial charge is 0.101 e. The highest BCUT2D eigenvalue weighted by Gasteiger charge is 2.14. The minimum Gasteiger partial charge on any atom is -0.101 e. The van der Waals surface area contributed by atoms with Crippen LogP contribution >= 0.6 is 63.7 Å². The average molecular weight is 622 g/mol. The molecule has 0 N–H and O–H groups in total. The summed E-state index contributed by atoms with van der Waals surface area (Å²) in [5.41, 5.74) is 6.39. The number of hydrogen-bond donors (Lipinski definition) is 0. The van der Waals surface area contributed by atoms with E-state index >= 15 is 0 Å². The number of halogens is 4. The van der Waals surface area contributed by atoms with E-state index in [1.807, 2.05) is 38.1 Å². The van der Waals surface area contributed by atoms with Crippen molar-refractivity contribution in [2.45, 2.75) is 13.8 Å². The van der Waals surface area contributed by atoms with E-state index in [4.69, 9.17) is 0 Å². The van der Waals surface area contributed by atoms with Gasteiger partial charge in [-0.15, -0.1) is 11.8 Å². The minimum absolute atomic E-state index is 0.990. The fourth-order valence-corrected chi connectivity index (χ4v) is 5.17. The van der Waals surface area contributed by atoms with Crippen LogP contribution in [0.4, 0.5) is 0 Å². The van der Waals surface area contributed by atoms with Gasteiger partial charge in [0.25, 0.3) is 0 Å². The average Bonchev–Trinajstić information content (AvgIpc) is 2.65. The van der Waals surface area contributed by atoms with Gasteiger partial charge in [0, 0.05) is 29.0 Å². The first kappa shape index (κ1) is 21.4. The summed E-state index contributed by atoms with van der Waals surface area (Å²) in [6.07, 6.45) is 0. The molecule has 3 aromatic rings. The van der Waals surface area contributed by atoms with Crippen molar-refractivity contribution in [3.63, 3.8) is 0 Å². The molecule has 0 atom stereocenters. The lowest BCUT2D eigenvalue weighted by atomic mass is 9.99. The van der Waals surface area contributed by atoms with Crippen molar-refractivity contribution in [1.29, 1.82) is 0 Å². The Morgan fingerprint density at radius 1 is 0.500 bits per heavy atom. The Morgan fingerprint density at radius 2 is 0.857 bits per heavy atom. The molecular weight excluding hydrogens is 608 g/mol. The van der Waals surface area contributed by atoms with Crippen LogP contribution in [-0.2, 0) is 0 Å². The zero-order valence-corrected chi connectivity index (χ0v) is 21.5. The Balaban J connectivity index is 2.09. The van der Waals surface area contributed by atoms with E-state index in [0.717, 1.165) is 51.3 Å². The molecule has 0 saturated carbocycles. The Morgan fingerprint density at radius 3 is 1.18 bits per heavy atom. The Bertz CT molecular complexity index is 1090. The molecule has 0 saturated heterocycles. The molecule has 138 valence electrons. The maximum absolute atomic E-state index is 3.76. The van der Waals surface area contributed by atoms with Gasteiger partial charge in [-0.3, -0.25) is 0 Å². The summed E-state index contributed by atoms with van der Waals surface area (Å²) in [6, 6.07) is 16.6. The topological polar surface area (TPSA) is 0 Å². The zero-order valence-electron chi connectivity index (χ0n) is 15.1. The predicted molar refractivity (Wildman–Crippen MR) is 133 cm³/mol. The van der Waals surface area contributed by atoms with E-state index in [-0.39, 0.29) is 0 Å². The molecule has 3 aromatic carbocycles. The Kier molecular flexibility index (Phi) is 7.24. The third-order valence-electron chi connectivity index (χ3n) is 4.11. The molecule has 0 nitrogen and oxygen atoms in total. The molecule has 0 amide bonds. The van der Waals surface area contributed by atoms with Crippen molar-refractivity contribution in [3.05, 3.63) is 77.5 Å². The van der Waals surface area contributed by atoms with Crippen LogP contribution in [0.15, 0.2) is 66.4 Å². The molecule has 0 fully saturated rings. The summed E-state index contributed by atoms with van der Waals surface area (Å²) in [4.78, 5) is 0. The summed E-state index contributed by atoms with van der Waals surface area (Å²) in [7, 11) is 0. The van der Waals surface area contributed by atoms with Crippen molar-refractivity contribution in [2.24, 2.45) is 0 Å². The first-order valence-corrected chi connectivity index (χ1v) is 11.6. The van der Waals surface area contributed by atoms with Crippen LogP contribution < -0.4 is 0 Å². The van der Waals surface area contributed by atoms with Crippen molar-refractivity contribution in [2.75, 3.05) is 0 Å². The maximum atomic E-state index is 3.76. The van der Waals surface area contributed by atoms with Gasteiger partial charge in [0.05, 0.1) is 0 Å². The normalized spacial score (nSPS) is 9.93. The lowest BCUT2D eigenvalue weighted by Gasteiger charge is -2.14. The second kappa shape index (κ2) is 9.47. The zero-order chi connectivity index (χ0) is 20.3. The second-order valence-corrected chi connectivity index (χ2v) is 9.37. The van der Waals surface area contributed by atoms with Gasteiger partial charge in [-0.25, -0.2) is 0 Å². The molecule has 0 aromatic heterocycles. The van der Waals surface area contributed by atoms with E-state index in [2.05, 4.69) is 112 Å². The molecule has 0 heterocycles. The van der Waals surface area contributed by atoms with Crippen molar-refractivity contribution in [3.8, 4) is 45.9 Å². The molecule has 0 aliphatic heterocycles. The summed E-state index contributed by atoms with van der Waals surface area (Å²) in [6.45, 7) is 3.68. The van der Waals surface area contributed by atoms with Gasteiger partial charge in [-0.1, -0.05) is 87.7 Å². The Hall–Kier alpha value is -1.30. The van der Waals surface area contributed by atoms with Crippen LogP contribution in [0.1, 0.15) is 25.0 Å². The molecule has 3 rings (SSSR count). The highest BCUT2D eigenvalue weighted by atomic mass is 79.9. The van der Waals surface area contributed by atoms with Gasteiger partial charge in [-0.2, -0.15) is 0 Å². The fourth-order valence-electron chi connectivity index (χ4n) is 2.87. The van der Waals surface area contributed by atoms with Gasteiger partial charge in [0.2, 0.25) is 0 Å². The maximum Gasteiger partial charge on any atom is 0.0266 e. The molecule has 4 heteroatoms. The highest BCUT2D eigenvalue weighted by molar-refractivity contribution is 9.11.